The smallest absolute Gasteiger partial charge is 0.310 e. The highest BCUT2D eigenvalue weighted by atomic mass is 16.5. The molecule has 0 atom stereocenters. The number of hydrogen-bond donors (Lipinski definition) is 1. The van der Waals surface area contributed by atoms with Crippen molar-refractivity contribution in [2.24, 2.45) is 0 Å². The van der Waals surface area contributed by atoms with Crippen molar-refractivity contribution in [1.82, 2.24) is 5.32 Å². The van der Waals surface area contributed by atoms with Crippen LogP contribution in [0.2, 0.25) is 0 Å². The summed E-state index contributed by atoms with van der Waals surface area (Å²) in [5.41, 5.74) is 3.27. The molecule has 3 aromatic rings. The highest BCUT2D eigenvalue weighted by Crippen LogP contribution is 2.16. The molecule has 0 unspecified atom stereocenters. The van der Waals surface area contributed by atoms with E-state index in [-0.39, 0.29) is 24.9 Å². The first-order valence-corrected chi connectivity index (χ1v) is 9.56. The molecular formula is C24H25NO3. The molecule has 1 N–H and O–H groups in total. The van der Waals surface area contributed by atoms with Crippen molar-refractivity contribution < 1.29 is 14.3 Å². The molecule has 0 bridgehead atoms. The average Bonchev–Trinajstić information content (AvgIpc) is 2.71. The van der Waals surface area contributed by atoms with E-state index in [0.29, 0.717) is 19.4 Å². The first kappa shape index (κ1) is 19.6. The molecule has 0 fully saturated rings. The van der Waals surface area contributed by atoms with Crippen LogP contribution >= 0.6 is 0 Å². The van der Waals surface area contributed by atoms with Crippen molar-refractivity contribution in [3.63, 3.8) is 0 Å². The van der Waals surface area contributed by atoms with Crippen molar-refractivity contribution in [3.05, 3.63) is 83.4 Å². The summed E-state index contributed by atoms with van der Waals surface area (Å²) in [6.07, 6.45) is 1.36. The van der Waals surface area contributed by atoms with Gasteiger partial charge in [0.25, 0.3) is 0 Å². The van der Waals surface area contributed by atoms with E-state index in [0.717, 1.165) is 21.9 Å². The minimum Gasteiger partial charge on any atom is -0.464 e. The molecule has 0 radical (unpaired) electrons. The maximum Gasteiger partial charge on any atom is 0.310 e. The Balaban J connectivity index is 1.34. The number of fused-ring (bicyclic) bond motifs is 1. The molecule has 0 heterocycles. The molecule has 0 saturated carbocycles. The molecule has 4 nitrogen and oxygen atoms in total. The van der Waals surface area contributed by atoms with Crippen molar-refractivity contribution >= 4 is 22.6 Å². The van der Waals surface area contributed by atoms with Crippen LogP contribution in [0.5, 0.6) is 0 Å². The lowest BCUT2D eigenvalue weighted by atomic mass is 10.1. The first-order chi connectivity index (χ1) is 13.6. The lowest BCUT2D eigenvalue weighted by Crippen LogP contribution is -2.28. The summed E-state index contributed by atoms with van der Waals surface area (Å²) in [4.78, 5) is 23.9. The minimum absolute atomic E-state index is 0.0360. The summed E-state index contributed by atoms with van der Waals surface area (Å²) >= 11 is 0. The summed E-state index contributed by atoms with van der Waals surface area (Å²) in [7, 11) is 0. The number of carbonyl (C=O) groups is 2. The lowest BCUT2D eigenvalue weighted by Gasteiger charge is -2.08. The molecular weight excluding hydrogens is 350 g/mol. The number of ether oxygens (including phenoxy) is 1. The van der Waals surface area contributed by atoms with E-state index in [1.807, 2.05) is 73.7 Å². The van der Waals surface area contributed by atoms with Gasteiger partial charge in [-0.05, 0) is 35.2 Å². The number of nitrogens with one attached hydrogen (secondary N) is 1. The summed E-state index contributed by atoms with van der Waals surface area (Å²) in [6, 6.07) is 22.2. The fourth-order valence-corrected chi connectivity index (χ4v) is 3.02. The topological polar surface area (TPSA) is 55.4 Å². The zero-order valence-corrected chi connectivity index (χ0v) is 16.1. The Morgan fingerprint density at radius 3 is 2.39 bits per heavy atom. The zero-order chi connectivity index (χ0) is 19.8. The van der Waals surface area contributed by atoms with Crippen LogP contribution in [0.3, 0.4) is 0 Å². The minimum atomic E-state index is -0.288. The van der Waals surface area contributed by atoms with Crippen molar-refractivity contribution in [2.75, 3.05) is 13.2 Å². The van der Waals surface area contributed by atoms with Crippen LogP contribution in [0.1, 0.15) is 23.1 Å². The molecule has 0 spiro atoms. The Morgan fingerprint density at radius 2 is 1.61 bits per heavy atom. The number of rotatable bonds is 8. The maximum absolute atomic E-state index is 12.0. The second-order valence-electron chi connectivity index (χ2n) is 6.91. The van der Waals surface area contributed by atoms with Gasteiger partial charge in [-0.3, -0.25) is 9.59 Å². The highest BCUT2D eigenvalue weighted by molar-refractivity contribution is 5.84. The highest BCUT2D eigenvalue weighted by Gasteiger charge is 2.07. The van der Waals surface area contributed by atoms with Gasteiger partial charge in [-0.1, -0.05) is 72.3 Å². The number of carbonyl (C=O) groups excluding carboxylic acids is 2. The SMILES string of the molecule is Cc1ccc(CCC(=O)NCCOC(=O)Cc2ccc3ccccc3c2)cc1. The van der Waals surface area contributed by atoms with Crippen molar-refractivity contribution in [1.29, 1.82) is 0 Å². The number of benzene rings is 3. The van der Waals surface area contributed by atoms with Gasteiger partial charge in [0.2, 0.25) is 5.91 Å². The fourth-order valence-electron chi connectivity index (χ4n) is 3.02. The predicted molar refractivity (Wildman–Crippen MR) is 111 cm³/mol. The van der Waals surface area contributed by atoms with E-state index in [4.69, 9.17) is 4.74 Å². The van der Waals surface area contributed by atoms with Crippen LogP contribution in [0, 0.1) is 6.92 Å². The third kappa shape index (κ3) is 5.95. The van der Waals surface area contributed by atoms with E-state index in [1.165, 1.54) is 5.56 Å². The largest absolute Gasteiger partial charge is 0.464 e. The van der Waals surface area contributed by atoms with Crippen molar-refractivity contribution in [2.45, 2.75) is 26.2 Å². The number of amides is 1. The van der Waals surface area contributed by atoms with Gasteiger partial charge in [0, 0.05) is 6.42 Å². The third-order valence-electron chi connectivity index (χ3n) is 4.61. The zero-order valence-electron chi connectivity index (χ0n) is 16.1. The van der Waals surface area contributed by atoms with Gasteiger partial charge in [-0.25, -0.2) is 0 Å². The normalized spacial score (nSPS) is 10.6. The second-order valence-corrected chi connectivity index (χ2v) is 6.91. The Morgan fingerprint density at radius 1 is 0.893 bits per heavy atom. The molecule has 0 saturated heterocycles. The fraction of sp³-hybridized carbons (Fsp3) is 0.250. The van der Waals surface area contributed by atoms with Gasteiger partial charge in [0.15, 0.2) is 0 Å². The Kier molecular flexibility index (Phi) is 6.79. The summed E-state index contributed by atoms with van der Waals surface area (Å²) in [6.45, 7) is 2.55. The van der Waals surface area contributed by atoms with Gasteiger partial charge in [-0.15, -0.1) is 0 Å². The molecule has 3 rings (SSSR count). The van der Waals surface area contributed by atoms with Crippen LogP contribution < -0.4 is 5.32 Å². The monoisotopic (exact) mass is 375 g/mol. The molecule has 0 aromatic heterocycles. The molecule has 144 valence electrons. The van der Waals surface area contributed by atoms with Crippen LogP contribution in [0.15, 0.2) is 66.7 Å². The van der Waals surface area contributed by atoms with E-state index in [9.17, 15) is 9.59 Å². The predicted octanol–water partition coefficient (Wildman–Crippen LogP) is 3.98. The molecule has 3 aromatic carbocycles. The van der Waals surface area contributed by atoms with Gasteiger partial charge in [-0.2, -0.15) is 0 Å². The summed E-state index contributed by atoms with van der Waals surface area (Å²) < 4.78 is 5.23. The second kappa shape index (κ2) is 9.70. The van der Waals surface area contributed by atoms with Crippen LogP contribution in [-0.4, -0.2) is 25.0 Å². The quantitative estimate of drug-likeness (QED) is 0.479. The standard InChI is InChI=1S/C24H25NO3/c1-18-6-8-19(9-7-18)11-13-23(26)25-14-15-28-24(27)17-20-10-12-21-4-2-3-5-22(21)16-20/h2-10,12,16H,11,13-15,17H2,1H3,(H,25,26). The Hall–Kier alpha value is -3.14. The average molecular weight is 375 g/mol. The Labute approximate surface area is 165 Å². The number of hydrogen-bond acceptors (Lipinski definition) is 3. The molecule has 28 heavy (non-hydrogen) atoms. The molecule has 0 aliphatic carbocycles. The van der Waals surface area contributed by atoms with E-state index < -0.39 is 0 Å². The molecule has 0 aliphatic rings. The van der Waals surface area contributed by atoms with Crippen LogP contribution in [0.4, 0.5) is 0 Å². The van der Waals surface area contributed by atoms with E-state index >= 15 is 0 Å². The Bertz CT molecular complexity index is 947. The van der Waals surface area contributed by atoms with Crippen LogP contribution in [0.25, 0.3) is 10.8 Å². The van der Waals surface area contributed by atoms with Gasteiger partial charge in [0.05, 0.1) is 13.0 Å². The van der Waals surface area contributed by atoms with Crippen LogP contribution in [-0.2, 0) is 27.2 Å². The third-order valence-corrected chi connectivity index (χ3v) is 4.61. The first-order valence-electron chi connectivity index (χ1n) is 9.56. The van der Waals surface area contributed by atoms with Gasteiger partial charge < -0.3 is 10.1 Å². The summed E-state index contributed by atoms with van der Waals surface area (Å²) in [5, 5.41) is 5.04. The lowest BCUT2D eigenvalue weighted by molar-refractivity contribution is -0.143. The number of aryl methyl sites for hydroxylation is 2. The maximum atomic E-state index is 12.0. The van der Waals surface area contributed by atoms with Crippen molar-refractivity contribution in [3.8, 4) is 0 Å². The van der Waals surface area contributed by atoms with Gasteiger partial charge >= 0.3 is 5.97 Å². The molecule has 0 aliphatic heterocycles. The molecule has 4 heteroatoms. The summed E-state index contributed by atoms with van der Waals surface area (Å²) in [5.74, 6) is -0.324. The van der Waals surface area contributed by atoms with E-state index in [2.05, 4.69) is 5.32 Å². The van der Waals surface area contributed by atoms with Gasteiger partial charge in [0.1, 0.15) is 6.61 Å². The number of esters is 1. The van der Waals surface area contributed by atoms with E-state index in [1.54, 1.807) is 0 Å². The molecule has 1 amide bonds.